The molecule has 0 spiro atoms. The summed E-state index contributed by atoms with van der Waals surface area (Å²) in [4.78, 5) is 11.0. The molecule has 1 rings (SSSR count). The molecular formula is C10H18O4S. The monoisotopic (exact) mass is 234 g/mol. The van der Waals surface area contributed by atoms with E-state index in [1.54, 1.807) is 0 Å². The minimum absolute atomic E-state index is 0.0697. The quantitative estimate of drug-likeness (QED) is 0.782. The highest BCUT2D eigenvalue weighted by Crippen LogP contribution is 2.41. The Morgan fingerprint density at radius 2 is 1.93 bits per heavy atom. The van der Waals surface area contributed by atoms with Gasteiger partial charge in [-0.2, -0.15) is 0 Å². The van der Waals surface area contributed by atoms with Gasteiger partial charge in [0, 0.05) is 6.26 Å². The minimum Gasteiger partial charge on any atom is -0.481 e. The fourth-order valence-corrected chi connectivity index (χ4v) is 3.86. The first-order valence-corrected chi connectivity index (χ1v) is 7.01. The molecule has 1 aliphatic carbocycles. The Balaban J connectivity index is 2.99. The molecule has 1 aliphatic rings. The van der Waals surface area contributed by atoms with Crippen molar-refractivity contribution in [3.8, 4) is 0 Å². The van der Waals surface area contributed by atoms with Crippen LogP contribution in [-0.4, -0.2) is 31.0 Å². The Morgan fingerprint density at radius 1 is 1.40 bits per heavy atom. The number of carboxylic acids is 1. The third-order valence-corrected chi connectivity index (χ3v) is 4.80. The van der Waals surface area contributed by atoms with E-state index in [0.29, 0.717) is 12.8 Å². The molecule has 0 aliphatic heterocycles. The van der Waals surface area contributed by atoms with Crippen LogP contribution in [0.4, 0.5) is 0 Å². The molecular weight excluding hydrogens is 216 g/mol. The summed E-state index contributed by atoms with van der Waals surface area (Å²) in [5.41, 5.74) is -0.0697. The summed E-state index contributed by atoms with van der Waals surface area (Å²) in [5.74, 6) is -1.71. The van der Waals surface area contributed by atoms with Crippen molar-refractivity contribution < 1.29 is 18.3 Å². The zero-order valence-electron chi connectivity index (χ0n) is 9.36. The van der Waals surface area contributed by atoms with Crippen molar-refractivity contribution in [1.29, 1.82) is 0 Å². The second-order valence-corrected chi connectivity index (χ2v) is 7.48. The highest BCUT2D eigenvalue weighted by atomic mass is 32.2. The average Bonchev–Trinajstić information content (AvgIpc) is 2.00. The maximum Gasteiger partial charge on any atom is 0.307 e. The fourth-order valence-electron chi connectivity index (χ4n) is 2.25. The average molecular weight is 234 g/mol. The molecule has 1 saturated carbocycles. The first-order valence-electron chi connectivity index (χ1n) is 5.05. The molecule has 88 valence electrons. The number of carboxylic acid groups (broad SMARTS) is 1. The molecule has 1 fully saturated rings. The minimum atomic E-state index is -3.27. The summed E-state index contributed by atoms with van der Waals surface area (Å²) in [6.07, 6.45) is 2.81. The normalized spacial score (nSPS) is 31.1. The van der Waals surface area contributed by atoms with Crippen molar-refractivity contribution in [2.45, 2.75) is 38.4 Å². The highest BCUT2D eigenvalue weighted by molar-refractivity contribution is 7.91. The summed E-state index contributed by atoms with van der Waals surface area (Å²) in [5, 5.41) is 8.25. The number of rotatable bonds is 2. The van der Waals surface area contributed by atoms with E-state index in [-0.39, 0.29) is 5.41 Å². The smallest absolute Gasteiger partial charge is 0.307 e. The van der Waals surface area contributed by atoms with E-state index in [4.69, 9.17) is 5.11 Å². The van der Waals surface area contributed by atoms with Crippen LogP contribution in [0.15, 0.2) is 0 Å². The lowest BCUT2D eigenvalue weighted by molar-refractivity contribution is -0.143. The van der Waals surface area contributed by atoms with Gasteiger partial charge in [-0.3, -0.25) is 4.79 Å². The van der Waals surface area contributed by atoms with Gasteiger partial charge in [0.05, 0.1) is 11.2 Å². The van der Waals surface area contributed by atoms with Gasteiger partial charge in [0.25, 0.3) is 0 Å². The van der Waals surface area contributed by atoms with Crippen molar-refractivity contribution in [1.82, 2.24) is 0 Å². The van der Waals surface area contributed by atoms with Crippen molar-refractivity contribution >= 4 is 15.8 Å². The van der Waals surface area contributed by atoms with Gasteiger partial charge in [-0.05, 0) is 24.7 Å². The number of hydrogen-bond acceptors (Lipinski definition) is 3. The first-order chi connectivity index (χ1) is 6.63. The molecule has 2 unspecified atom stereocenters. The summed E-state index contributed by atoms with van der Waals surface area (Å²) < 4.78 is 23.1. The van der Waals surface area contributed by atoms with E-state index < -0.39 is 27.0 Å². The van der Waals surface area contributed by atoms with E-state index in [9.17, 15) is 13.2 Å². The second kappa shape index (κ2) is 3.77. The molecule has 0 amide bonds. The molecule has 4 nitrogen and oxygen atoms in total. The number of hydrogen-bond donors (Lipinski definition) is 1. The van der Waals surface area contributed by atoms with Gasteiger partial charge in [0.2, 0.25) is 0 Å². The second-order valence-electron chi connectivity index (χ2n) is 5.22. The van der Waals surface area contributed by atoms with Gasteiger partial charge in [-0.25, -0.2) is 8.42 Å². The Morgan fingerprint density at radius 3 is 2.33 bits per heavy atom. The molecule has 5 heteroatoms. The number of carbonyl (C=O) groups is 1. The lowest BCUT2D eigenvalue weighted by Crippen LogP contribution is -2.42. The van der Waals surface area contributed by atoms with E-state index in [1.165, 1.54) is 0 Å². The lowest BCUT2D eigenvalue weighted by atomic mass is 9.73. The van der Waals surface area contributed by atoms with E-state index in [0.717, 1.165) is 12.7 Å². The van der Waals surface area contributed by atoms with Crippen molar-refractivity contribution in [2.75, 3.05) is 6.26 Å². The molecule has 1 N–H and O–H groups in total. The van der Waals surface area contributed by atoms with E-state index in [2.05, 4.69) is 0 Å². The summed E-state index contributed by atoms with van der Waals surface area (Å²) in [6, 6.07) is 0. The molecule has 0 aromatic carbocycles. The number of sulfone groups is 1. The fraction of sp³-hybridized carbons (Fsp3) is 0.900. The molecule has 0 saturated heterocycles. The standard InChI is InChI=1S/C10H18O4S/c1-10(2)5-4-7(9(11)12)8(6-10)15(3,13)14/h7-8H,4-6H2,1-3H3,(H,11,12). The molecule has 2 atom stereocenters. The largest absolute Gasteiger partial charge is 0.481 e. The van der Waals surface area contributed by atoms with Crippen molar-refractivity contribution in [2.24, 2.45) is 11.3 Å². The molecule has 15 heavy (non-hydrogen) atoms. The van der Waals surface area contributed by atoms with E-state index in [1.807, 2.05) is 13.8 Å². The lowest BCUT2D eigenvalue weighted by Gasteiger charge is -2.37. The van der Waals surface area contributed by atoms with Gasteiger partial charge in [0.1, 0.15) is 0 Å². The highest BCUT2D eigenvalue weighted by Gasteiger charge is 2.43. The van der Waals surface area contributed by atoms with Crippen LogP contribution in [0.1, 0.15) is 33.1 Å². The zero-order chi connectivity index (χ0) is 11.9. The Kier molecular flexibility index (Phi) is 3.14. The molecule has 0 bridgehead atoms. The predicted octanol–water partition coefficient (Wildman–Crippen LogP) is 1.31. The van der Waals surface area contributed by atoms with Crippen molar-refractivity contribution in [3.63, 3.8) is 0 Å². The summed E-state index contributed by atoms with van der Waals surface area (Å²) >= 11 is 0. The third-order valence-electron chi connectivity index (χ3n) is 3.20. The van der Waals surface area contributed by atoms with Crippen LogP contribution in [0.5, 0.6) is 0 Å². The summed E-state index contributed by atoms with van der Waals surface area (Å²) in [7, 11) is -3.27. The maximum absolute atomic E-state index is 11.5. The van der Waals surface area contributed by atoms with Crippen LogP contribution >= 0.6 is 0 Å². The molecule has 0 aromatic rings. The Labute approximate surface area is 90.6 Å². The molecule has 0 heterocycles. The van der Waals surface area contributed by atoms with Crippen LogP contribution < -0.4 is 0 Å². The molecule has 0 aromatic heterocycles. The van der Waals surface area contributed by atoms with Crippen LogP contribution in [0.3, 0.4) is 0 Å². The summed E-state index contributed by atoms with van der Waals surface area (Å²) in [6.45, 7) is 3.98. The van der Waals surface area contributed by atoms with Crippen LogP contribution in [-0.2, 0) is 14.6 Å². The van der Waals surface area contributed by atoms with Crippen LogP contribution in [0.2, 0.25) is 0 Å². The van der Waals surface area contributed by atoms with Gasteiger partial charge >= 0.3 is 5.97 Å². The van der Waals surface area contributed by atoms with Gasteiger partial charge in [-0.15, -0.1) is 0 Å². The Hall–Kier alpha value is -0.580. The number of aliphatic carboxylic acids is 1. The van der Waals surface area contributed by atoms with E-state index >= 15 is 0 Å². The predicted molar refractivity (Wildman–Crippen MR) is 57.4 cm³/mol. The van der Waals surface area contributed by atoms with Gasteiger partial charge < -0.3 is 5.11 Å². The van der Waals surface area contributed by atoms with Gasteiger partial charge in [-0.1, -0.05) is 13.8 Å². The SMILES string of the molecule is CC1(C)CCC(C(=O)O)C(S(C)(=O)=O)C1. The van der Waals surface area contributed by atoms with Crippen molar-refractivity contribution in [3.05, 3.63) is 0 Å². The van der Waals surface area contributed by atoms with Crippen LogP contribution in [0, 0.1) is 11.3 Å². The van der Waals surface area contributed by atoms with Crippen LogP contribution in [0.25, 0.3) is 0 Å². The maximum atomic E-state index is 11.5. The van der Waals surface area contributed by atoms with Gasteiger partial charge in [0.15, 0.2) is 9.84 Å². The first kappa shape index (κ1) is 12.5. The topological polar surface area (TPSA) is 71.4 Å². The Bertz CT molecular complexity index is 356. The molecule has 0 radical (unpaired) electrons. The third kappa shape index (κ3) is 2.93. The zero-order valence-corrected chi connectivity index (χ0v) is 10.2.